The largest absolute Gasteiger partial charge is 0.493 e. The van der Waals surface area contributed by atoms with Crippen LogP contribution in [0.2, 0.25) is 0 Å². The molecule has 0 saturated heterocycles. The SMILES string of the molecule is C=C(C)CCCCOc1c(C)c(C)c2c(c1C)CCC(C)O2. The van der Waals surface area contributed by atoms with Crippen LogP contribution in [0.3, 0.4) is 0 Å². The fourth-order valence-electron chi connectivity index (χ4n) is 3.14. The molecule has 0 aromatic heterocycles. The predicted molar refractivity (Wildman–Crippen MR) is 93.2 cm³/mol. The first-order valence-corrected chi connectivity index (χ1v) is 8.48. The number of benzene rings is 1. The zero-order valence-electron chi connectivity index (χ0n) is 14.8. The fourth-order valence-corrected chi connectivity index (χ4v) is 3.14. The van der Waals surface area contributed by atoms with Crippen molar-refractivity contribution in [1.29, 1.82) is 0 Å². The molecule has 0 amide bonds. The molecule has 1 aromatic carbocycles. The third-order valence-corrected chi connectivity index (χ3v) is 4.68. The Balaban J connectivity index is 2.12. The molecule has 0 aliphatic carbocycles. The first kappa shape index (κ1) is 16.9. The third-order valence-electron chi connectivity index (χ3n) is 4.68. The van der Waals surface area contributed by atoms with Crippen LogP contribution in [-0.4, -0.2) is 12.7 Å². The molecular formula is C20H30O2. The lowest BCUT2D eigenvalue weighted by Crippen LogP contribution is -2.21. The molecule has 1 heterocycles. The molecule has 0 saturated carbocycles. The van der Waals surface area contributed by atoms with Gasteiger partial charge in [-0.15, -0.1) is 6.58 Å². The molecule has 1 aliphatic rings. The summed E-state index contributed by atoms with van der Waals surface area (Å²) < 4.78 is 12.2. The molecule has 0 fully saturated rings. The maximum absolute atomic E-state index is 6.14. The summed E-state index contributed by atoms with van der Waals surface area (Å²) in [4.78, 5) is 0. The third kappa shape index (κ3) is 3.66. The Morgan fingerprint density at radius 1 is 1.18 bits per heavy atom. The molecule has 0 N–H and O–H groups in total. The highest BCUT2D eigenvalue weighted by Gasteiger charge is 2.24. The number of fused-ring (bicyclic) bond motifs is 1. The zero-order valence-corrected chi connectivity index (χ0v) is 14.8. The molecule has 122 valence electrons. The second-order valence-electron chi connectivity index (χ2n) is 6.74. The molecule has 0 bridgehead atoms. The van der Waals surface area contributed by atoms with Crippen molar-refractivity contribution in [2.45, 2.75) is 72.8 Å². The number of ether oxygens (including phenoxy) is 2. The van der Waals surface area contributed by atoms with Gasteiger partial charge in [0.1, 0.15) is 11.5 Å². The van der Waals surface area contributed by atoms with Crippen molar-refractivity contribution in [3.05, 3.63) is 34.4 Å². The zero-order chi connectivity index (χ0) is 16.3. The second-order valence-corrected chi connectivity index (χ2v) is 6.74. The normalized spacial score (nSPS) is 16.9. The van der Waals surface area contributed by atoms with Gasteiger partial charge in [0.25, 0.3) is 0 Å². The van der Waals surface area contributed by atoms with Gasteiger partial charge in [0.05, 0.1) is 12.7 Å². The molecule has 0 radical (unpaired) electrons. The summed E-state index contributed by atoms with van der Waals surface area (Å²) in [5.41, 5.74) is 6.33. The van der Waals surface area contributed by atoms with E-state index in [9.17, 15) is 0 Å². The highest BCUT2D eigenvalue weighted by atomic mass is 16.5. The van der Waals surface area contributed by atoms with E-state index in [0.717, 1.165) is 50.2 Å². The smallest absolute Gasteiger partial charge is 0.126 e. The molecule has 0 spiro atoms. The van der Waals surface area contributed by atoms with Gasteiger partial charge in [-0.25, -0.2) is 0 Å². The minimum Gasteiger partial charge on any atom is -0.493 e. The summed E-state index contributed by atoms with van der Waals surface area (Å²) in [6, 6.07) is 0. The molecule has 2 heteroatoms. The maximum atomic E-state index is 6.14. The van der Waals surface area contributed by atoms with Crippen molar-refractivity contribution in [2.75, 3.05) is 6.61 Å². The van der Waals surface area contributed by atoms with Gasteiger partial charge in [-0.05, 0) is 83.4 Å². The Hall–Kier alpha value is -1.44. The van der Waals surface area contributed by atoms with Gasteiger partial charge in [-0.3, -0.25) is 0 Å². The van der Waals surface area contributed by atoms with E-state index in [4.69, 9.17) is 9.47 Å². The number of allylic oxidation sites excluding steroid dienone is 1. The minimum absolute atomic E-state index is 0.318. The van der Waals surface area contributed by atoms with Gasteiger partial charge in [0, 0.05) is 5.56 Å². The Morgan fingerprint density at radius 2 is 1.91 bits per heavy atom. The predicted octanol–water partition coefficient (Wildman–Crippen LogP) is 5.45. The maximum Gasteiger partial charge on any atom is 0.126 e. The van der Waals surface area contributed by atoms with Crippen molar-refractivity contribution in [2.24, 2.45) is 0 Å². The van der Waals surface area contributed by atoms with Crippen LogP contribution in [0.1, 0.15) is 61.8 Å². The highest BCUT2D eigenvalue weighted by molar-refractivity contribution is 5.58. The molecule has 1 atom stereocenters. The standard InChI is InChI=1S/C20H30O2/c1-13(2)9-7-8-12-21-19-15(4)16(5)20-18(17(19)6)11-10-14(3)22-20/h14H,1,7-12H2,2-6H3. The number of hydrogen-bond acceptors (Lipinski definition) is 2. The first-order valence-electron chi connectivity index (χ1n) is 8.48. The van der Waals surface area contributed by atoms with Gasteiger partial charge in [-0.1, -0.05) is 5.57 Å². The summed E-state index contributed by atoms with van der Waals surface area (Å²) in [6.45, 7) is 15.4. The Kier molecular flexibility index (Phi) is 5.55. The summed E-state index contributed by atoms with van der Waals surface area (Å²) in [7, 11) is 0. The average Bonchev–Trinajstić information content (AvgIpc) is 2.47. The summed E-state index contributed by atoms with van der Waals surface area (Å²) in [5.74, 6) is 2.17. The van der Waals surface area contributed by atoms with Crippen LogP contribution >= 0.6 is 0 Å². The van der Waals surface area contributed by atoms with Crippen LogP contribution in [0.5, 0.6) is 11.5 Å². The van der Waals surface area contributed by atoms with Gasteiger partial charge in [0.2, 0.25) is 0 Å². The molecule has 2 rings (SSSR count). The van der Waals surface area contributed by atoms with E-state index < -0.39 is 0 Å². The van der Waals surface area contributed by atoms with Crippen molar-refractivity contribution >= 4 is 0 Å². The molecule has 2 nitrogen and oxygen atoms in total. The number of hydrogen-bond donors (Lipinski definition) is 0. The number of unbranched alkanes of at least 4 members (excludes halogenated alkanes) is 1. The van der Waals surface area contributed by atoms with Crippen LogP contribution in [0, 0.1) is 20.8 Å². The van der Waals surface area contributed by atoms with Gasteiger partial charge >= 0.3 is 0 Å². The summed E-state index contributed by atoms with van der Waals surface area (Å²) >= 11 is 0. The highest BCUT2D eigenvalue weighted by Crippen LogP contribution is 2.41. The summed E-state index contributed by atoms with van der Waals surface area (Å²) in [6.07, 6.45) is 5.83. The van der Waals surface area contributed by atoms with E-state index in [1.165, 1.54) is 27.8 Å². The summed E-state index contributed by atoms with van der Waals surface area (Å²) in [5, 5.41) is 0. The average molecular weight is 302 g/mol. The van der Waals surface area contributed by atoms with E-state index in [-0.39, 0.29) is 0 Å². The first-order chi connectivity index (χ1) is 10.4. The Morgan fingerprint density at radius 3 is 2.59 bits per heavy atom. The van der Waals surface area contributed by atoms with Crippen LogP contribution in [-0.2, 0) is 6.42 Å². The quantitative estimate of drug-likeness (QED) is 0.514. The van der Waals surface area contributed by atoms with E-state index in [1.807, 2.05) is 0 Å². The van der Waals surface area contributed by atoms with E-state index in [2.05, 4.69) is 41.2 Å². The Labute approximate surface area is 135 Å². The fraction of sp³-hybridized carbons (Fsp3) is 0.600. The molecular weight excluding hydrogens is 272 g/mol. The van der Waals surface area contributed by atoms with Crippen LogP contribution in [0.4, 0.5) is 0 Å². The molecule has 1 unspecified atom stereocenters. The molecule has 22 heavy (non-hydrogen) atoms. The molecule has 1 aromatic rings. The lowest BCUT2D eigenvalue weighted by Gasteiger charge is -2.29. The van der Waals surface area contributed by atoms with Gasteiger partial charge < -0.3 is 9.47 Å². The van der Waals surface area contributed by atoms with Gasteiger partial charge in [-0.2, -0.15) is 0 Å². The topological polar surface area (TPSA) is 18.5 Å². The van der Waals surface area contributed by atoms with Crippen LogP contribution in [0.15, 0.2) is 12.2 Å². The molecule has 1 aliphatic heterocycles. The lowest BCUT2D eigenvalue weighted by molar-refractivity contribution is 0.189. The lowest BCUT2D eigenvalue weighted by atomic mass is 9.92. The minimum atomic E-state index is 0.318. The van der Waals surface area contributed by atoms with Crippen molar-refractivity contribution in [1.82, 2.24) is 0 Å². The van der Waals surface area contributed by atoms with Crippen molar-refractivity contribution < 1.29 is 9.47 Å². The van der Waals surface area contributed by atoms with Crippen LogP contribution in [0.25, 0.3) is 0 Å². The monoisotopic (exact) mass is 302 g/mol. The van der Waals surface area contributed by atoms with Crippen LogP contribution < -0.4 is 9.47 Å². The Bertz CT molecular complexity index is 558. The van der Waals surface area contributed by atoms with Crippen molar-refractivity contribution in [3.63, 3.8) is 0 Å². The number of rotatable bonds is 6. The second kappa shape index (κ2) is 7.21. The van der Waals surface area contributed by atoms with Crippen molar-refractivity contribution in [3.8, 4) is 11.5 Å². The van der Waals surface area contributed by atoms with E-state index >= 15 is 0 Å². The van der Waals surface area contributed by atoms with E-state index in [1.54, 1.807) is 0 Å². The van der Waals surface area contributed by atoms with Gasteiger partial charge in [0.15, 0.2) is 0 Å². The van der Waals surface area contributed by atoms with E-state index in [0.29, 0.717) is 6.10 Å².